The monoisotopic (exact) mass is 355 g/mol. The van der Waals surface area contributed by atoms with Gasteiger partial charge in [-0.25, -0.2) is 8.42 Å². The first-order valence-corrected chi connectivity index (χ1v) is 9.77. The number of nitrogens with zero attached hydrogens (tertiary/aromatic N) is 1. The van der Waals surface area contributed by atoms with Crippen molar-refractivity contribution in [3.8, 4) is 0 Å². The Morgan fingerprint density at radius 2 is 1.79 bits per heavy atom. The van der Waals surface area contributed by atoms with Crippen LogP contribution in [0.3, 0.4) is 0 Å². The molecular weight excluding hydrogens is 326 g/mol. The first kappa shape index (κ1) is 20.6. The summed E-state index contributed by atoms with van der Waals surface area (Å²) in [5, 5.41) is 5.84. The maximum Gasteiger partial charge on any atom is 0.243 e. The Kier molecular flexibility index (Phi) is 7.86. The van der Waals surface area contributed by atoms with Gasteiger partial charge in [-0.3, -0.25) is 4.79 Å². The van der Waals surface area contributed by atoms with Crippen molar-refractivity contribution in [2.24, 2.45) is 0 Å². The zero-order chi connectivity index (χ0) is 18.3. The minimum absolute atomic E-state index is 0.106. The van der Waals surface area contributed by atoms with Crippen molar-refractivity contribution >= 4 is 21.6 Å². The summed E-state index contributed by atoms with van der Waals surface area (Å²) in [5.41, 5.74) is 2.29. The van der Waals surface area contributed by atoms with Crippen molar-refractivity contribution < 1.29 is 13.2 Å². The van der Waals surface area contributed by atoms with E-state index in [2.05, 4.69) is 10.6 Å². The normalized spacial score (nSPS) is 11.8. The van der Waals surface area contributed by atoms with Crippen molar-refractivity contribution in [1.82, 2.24) is 9.62 Å². The average molecular weight is 356 g/mol. The molecule has 0 spiro atoms. The van der Waals surface area contributed by atoms with Gasteiger partial charge in [0.2, 0.25) is 15.9 Å². The van der Waals surface area contributed by atoms with Gasteiger partial charge in [-0.2, -0.15) is 4.31 Å². The first-order chi connectivity index (χ1) is 11.3. The van der Waals surface area contributed by atoms with Gasteiger partial charge in [0.25, 0.3) is 0 Å². The van der Waals surface area contributed by atoms with Gasteiger partial charge in [-0.15, -0.1) is 0 Å². The molecule has 136 valence electrons. The van der Waals surface area contributed by atoms with E-state index in [4.69, 9.17) is 0 Å². The molecule has 0 aromatic heterocycles. The number of aryl methyl sites for hydroxylation is 1. The number of anilines is 1. The molecule has 24 heavy (non-hydrogen) atoms. The number of sulfonamides is 1. The van der Waals surface area contributed by atoms with Crippen LogP contribution in [0.25, 0.3) is 0 Å². The Labute approximate surface area is 145 Å². The van der Waals surface area contributed by atoms with Gasteiger partial charge in [0.1, 0.15) is 0 Å². The number of amides is 1. The van der Waals surface area contributed by atoms with Gasteiger partial charge in [0, 0.05) is 25.2 Å². The number of nitrogens with one attached hydrogen (secondary N) is 2. The number of benzene rings is 1. The largest absolute Gasteiger partial charge is 0.326 e. The molecule has 6 nitrogen and oxygen atoms in total. The van der Waals surface area contributed by atoms with Crippen LogP contribution in [0.2, 0.25) is 0 Å². The van der Waals surface area contributed by atoms with Crippen LogP contribution < -0.4 is 10.6 Å². The maximum absolute atomic E-state index is 12.7. The summed E-state index contributed by atoms with van der Waals surface area (Å²) in [7, 11) is -1.71. The van der Waals surface area contributed by atoms with Gasteiger partial charge in [-0.1, -0.05) is 13.8 Å². The highest BCUT2D eigenvalue weighted by atomic mass is 32.2. The fourth-order valence-electron chi connectivity index (χ4n) is 2.46. The summed E-state index contributed by atoms with van der Waals surface area (Å²) in [6.07, 6.45) is 1.13. The van der Waals surface area contributed by atoms with Gasteiger partial charge in [0.05, 0.1) is 4.90 Å². The predicted octanol–water partition coefficient (Wildman–Crippen LogP) is 2.27. The molecule has 0 bridgehead atoms. The molecule has 0 unspecified atom stereocenters. The third-order valence-corrected chi connectivity index (χ3v) is 6.12. The van der Waals surface area contributed by atoms with E-state index in [-0.39, 0.29) is 10.8 Å². The van der Waals surface area contributed by atoms with Crippen LogP contribution in [0.15, 0.2) is 17.0 Å². The molecule has 0 fully saturated rings. The smallest absolute Gasteiger partial charge is 0.243 e. The molecular formula is C17H29N3O3S. The lowest BCUT2D eigenvalue weighted by molar-refractivity contribution is -0.116. The molecule has 0 radical (unpaired) electrons. The Morgan fingerprint density at radius 3 is 2.33 bits per heavy atom. The van der Waals surface area contributed by atoms with E-state index in [1.54, 1.807) is 12.1 Å². The molecule has 1 amide bonds. The molecule has 2 N–H and O–H groups in total. The number of hydrogen-bond donors (Lipinski definition) is 2. The summed E-state index contributed by atoms with van der Waals surface area (Å²) in [4.78, 5) is 12.3. The van der Waals surface area contributed by atoms with Crippen molar-refractivity contribution in [2.75, 3.05) is 32.0 Å². The first-order valence-electron chi connectivity index (χ1n) is 8.33. The van der Waals surface area contributed by atoms with E-state index >= 15 is 0 Å². The van der Waals surface area contributed by atoms with Crippen LogP contribution in [0.1, 0.15) is 37.8 Å². The molecule has 7 heteroatoms. The minimum atomic E-state index is -3.55. The maximum atomic E-state index is 12.7. The van der Waals surface area contributed by atoms with E-state index < -0.39 is 10.0 Å². The molecule has 0 aliphatic carbocycles. The third kappa shape index (κ3) is 5.03. The molecule has 0 heterocycles. The van der Waals surface area contributed by atoms with Gasteiger partial charge in [-0.05, 0) is 57.1 Å². The number of hydrogen-bond acceptors (Lipinski definition) is 4. The highest BCUT2D eigenvalue weighted by Crippen LogP contribution is 2.26. The molecule has 0 aliphatic rings. The van der Waals surface area contributed by atoms with Crippen molar-refractivity contribution in [2.45, 2.75) is 45.4 Å². The summed E-state index contributed by atoms with van der Waals surface area (Å²) in [6, 6.07) is 3.23. The second-order valence-corrected chi connectivity index (χ2v) is 7.70. The minimum Gasteiger partial charge on any atom is -0.326 e. The van der Waals surface area contributed by atoms with Gasteiger partial charge >= 0.3 is 0 Å². The molecule has 0 aliphatic heterocycles. The second-order valence-electron chi connectivity index (χ2n) is 5.76. The summed E-state index contributed by atoms with van der Waals surface area (Å²) in [5.74, 6) is -0.106. The predicted molar refractivity (Wildman–Crippen MR) is 97.8 cm³/mol. The van der Waals surface area contributed by atoms with Crippen LogP contribution in [-0.4, -0.2) is 45.3 Å². The second kappa shape index (κ2) is 9.15. The Bertz CT molecular complexity index is 668. The van der Waals surface area contributed by atoms with Crippen LogP contribution in [0, 0.1) is 13.8 Å². The molecule has 1 aromatic carbocycles. The summed E-state index contributed by atoms with van der Waals surface area (Å²) in [6.45, 7) is 8.95. The van der Waals surface area contributed by atoms with Crippen molar-refractivity contribution in [1.29, 1.82) is 0 Å². The van der Waals surface area contributed by atoms with Crippen molar-refractivity contribution in [3.63, 3.8) is 0 Å². The summed E-state index contributed by atoms with van der Waals surface area (Å²) >= 11 is 0. The van der Waals surface area contributed by atoms with Crippen LogP contribution in [0.4, 0.5) is 5.69 Å². The third-order valence-electron chi connectivity index (χ3n) is 4.09. The van der Waals surface area contributed by atoms with Crippen LogP contribution in [-0.2, 0) is 14.8 Å². The van der Waals surface area contributed by atoms with E-state index in [0.717, 1.165) is 24.1 Å². The molecule has 1 aromatic rings. The van der Waals surface area contributed by atoms with Gasteiger partial charge in [0.15, 0.2) is 0 Å². The van der Waals surface area contributed by atoms with E-state index in [1.807, 2.05) is 34.7 Å². The fourth-order valence-corrected chi connectivity index (χ4v) is 4.03. The zero-order valence-electron chi connectivity index (χ0n) is 15.3. The Hall–Kier alpha value is -1.44. The Morgan fingerprint density at radius 1 is 1.17 bits per heavy atom. The van der Waals surface area contributed by atoms with Crippen molar-refractivity contribution in [3.05, 3.63) is 23.3 Å². The standard InChI is InChI=1S/C17H29N3O3S/c1-6-20(7-2)24(22,23)15-11-13(3)14(4)16(12-15)19-17(21)9-8-10-18-5/h11-12,18H,6-10H2,1-5H3,(H,19,21). The van der Waals surface area contributed by atoms with E-state index in [1.165, 1.54) is 4.31 Å². The lowest BCUT2D eigenvalue weighted by Gasteiger charge is -2.20. The number of carbonyl (C=O) groups excluding carboxylic acids is 1. The molecule has 0 atom stereocenters. The number of rotatable bonds is 9. The van der Waals surface area contributed by atoms with E-state index in [0.29, 0.717) is 25.2 Å². The van der Waals surface area contributed by atoms with Crippen LogP contribution in [0.5, 0.6) is 0 Å². The fraction of sp³-hybridized carbons (Fsp3) is 0.588. The lowest BCUT2D eigenvalue weighted by Crippen LogP contribution is -2.30. The Balaban J connectivity index is 3.12. The summed E-state index contributed by atoms with van der Waals surface area (Å²) < 4.78 is 26.8. The highest BCUT2D eigenvalue weighted by molar-refractivity contribution is 7.89. The quantitative estimate of drug-likeness (QED) is 0.666. The van der Waals surface area contributed by atoms with E-state index in [9.17, 15) is 13.2 Å². The average Bonchev–Trinajstić information content (AvgIpc) is 2.52. The lowest BCUT2D eigenvalue weighted by atomic mass is 10.1. The SMILES string of the molecule is CCN(CC)S(=O)(=O)c1cc(C)c(C)c(NC(=O)CCCNC)c1. The topological polar surface area (TPSA) is 78.5 Å². The molecule has 0 saturated carbocycles. The van der Waals surface area contributed by atoms with Crippen LogP contribution >= 0.6 is 0 Å². The zero-order valence-corrected chi connectivity index (χ0v) is 16.1. The molecule has 0 saturated heterocycles. The number of carbonyl (C=O) groups is 1. The highest BCUT2D eigenvalue weighted by Gasteiger charge is 2.23. The van der Waals surface area contributed by atoms with Gasteiger partial charge < -0.3 is 10.6 Å². The molecule has 1 rings (SSSR count).